The van der Waals surface area contributed by atoms with Gasteiger partial charge in [0.15, 0.2) is 0 Å². The van der Waals surface area contributed by atoms with Crippen molar-refractivity contribution in [3.63, 3.8) is 0 Å². The van der Waals surface area contributed by atoms with E-state index in [4.69, 9.17) is 14.2 Å². The lowest BCUT2D eigenvalue weighted by molar-refractivity contribution is -0.186. The van der Waals surface area contributed by atoms with Gasteiger partial charge in [0, 0.05) is 27.1 Å². The van der Waals surface area contributed by atoms with Crippen LogP contribution in [0.4, 0.5) is 26.3 Å². The van der Waals surface area contributed by atoms with Crippen LogP contribution in [0.1, 0.15) is 44.5 Å². The summed E-state index contributed by atoms with van der Waals surface area (Å²) in [4.78, 5) is 0. The third-order valence-corrected chi connectivity index (χ3v) is 8.13. The van der Waals surface area contributed by atoms with Gasteiger partial charge in [-0.25, -0.2) is 0 Å². The molecule has 0 spiro atoms. The smallest absolute Gasteiger partial charge is 0.394 e. The number of aryl methyl sites for hydroxylation is 2. The molecule has 0 aliphatic carbocycles. The van der Waals surface area contributed by atoms with Crippen LogP contribution in [0.25, 0.3) is 0 Å². The number of alkyl halides is 6. The van der Waals surface area contributed by atoms with Gasteiger partial charge in [-0.1, -0.05) is 83.9 Å². The fraction of sp³-hybridized carbons (Fsp3) is 0.368. The lowest BCUT2D eigenvalue weighted by atomic mass is 9.94. The molecule has 2 unspecified atom stereocenters. The predicted octanol–water partition coefficient (Wildman–Crippen LogP) is 10.0. The van der Waals surface area contributed by atoms with Crippen molar-refractivity contribution in [1.29, 1.82) is 0 Å². The van der Waals surface area contributed by atoms with Crippen LogP contribution in [0, 0.1) is 25.7 Å². The van der Waals surface area contributed by atoms with E-state index < -0.39 is 37.4 Å². The third-order valence-electron chi connectivity index (χ3n) is 8.13. The summed E-state index contributed by atoms with van der Waals surface area (Å²) in [6.07, 6.45) is -8.56. The molecule has 0 aliphatic rings. The highest BCUT2D eigenvalue weighted by Gasteiger charge is 2.40. The van der Waals surface area contributed by atoms with Crippen LogP contribution in [-0.4, -0.2) is 39.8 Å². The molecule has 4 aromatic carbocycles. The van der Waals surface area contributed by atoms with Crippen LogP contribution in [0.5, 0.6) is 11.5 Å². The molecule has 0 fully saturated rings. The summed E-state index contributed by atoms with van der Waals surface area (Å²) in [5.41, 5.74) is 6.41. The van der Waals surface area contributed by atoms with Gasteiger partial charge < -0.3 is 14.2 Å². The maximum Gasteiger partial charge on any atom is 0.394 e. The van der Waals surface area contributed by atoms with E-state index >= 15 is 0 Å². The first kappa shape index (κ1) is 36.0. The molecule has 0 aromatic heterocycles. The van der Waals surface area contributed by atoms with Crippen LogP contribution in [0.15, 0.2) is 84.9 Å². The summed E-state index contributed by atoms with van der Waals surface area (Å²) < 4.78 is 98.6. The van der Waals surface area contributed by atoms with Crippen molar-refractivity contribution in [1.82, 2.24) is 0 Å². The van der Waals surface area contributed by atoms with E-state index in [1.165, 1.54) is 14.2 Å². The Morgan fingerprint density at radius 1 is 0.511 bits per heavy atom. The molecule has 0 saturated carbocycles. The first-order chi connectivity index (χ1) is 22.2. The van der Waals surface area contributed by atoms with Crippen molar-refractivity contribution in [2.45, 2.75) is 51.9 Å². The Kier molecular flexibility index (Phi) is 12.1. The Hall–Kier alpha value is -3.82. The summed E-state index contributed by atoms with van der Waals surface area (Å²) in [5, 5.41) is 0. The van der Waals surface area contributed by atoms with Gasteiger partial charge in [0.05, 0.1) is 25.0 Å². The van der Waals surface area contributed by atoms with Crippen LogP contribution in [0.2, 0.25) is 0 Å². The van der Waals surface area contributed by atoms with Crippen LogP contribution in [-0.2, 0) is 35.2 Å². The van der Waals surface area contributed by atoms with Crippen molar-refractivity contribution >= 4 is 0 Å². The molecule has 0 saturated heterocycles. The first-order valence-corrected chi connectivity index (χ1v) is 15.4. The fourth-order valence-electron chi connectivity index (χ4n) is 5.47. The molecule has 252 valence electrons. The van der Waals surface area contributed by atoms with Gasteiger partial charge in [0.25, 0.3) is 0 Å². The summed E-state index contributed by atoms with van der Waals surface area (Å²) in [7, 11) is 2.50. The van der Waals surface area contributed by atoms with Crippen LogP contribution in [0.3, 0.4) is 0 Å². The van der Waals surface area contributed by atoms with Crippen molar-refractivity contribution in [3.8, 4) is 11.5 Å². The van der Waals surface area contributed by atoms with Crippen molar-refractivity contribution in [2.24, 2.45) is 11.8 Å². The lowest BCUT2D eigenvalue weighted by Gasteiger charge is -2.22. The molecular weight excluding hydrogens is 618 g/mol. The maximum atomic E-state index is 13.7. The second-order valence-electron chi connectivity index (χ2n) is 12.1. The van der Waals surface area contributed by atoms with E-state index in [9.17, 15) is 26.3 Å². The Morgan fingerprint density at radius 3 is 1.17 bits per heavy atom. The molecule has 4 aromatic rings. The molecule has 4 rings (SSSR count). The predicted molar refractivity (Wildman–Crippen MR) is 171 cm³/mol. The normalized spacial score (nSPS) is 13.4. The van der Waals surface area contributed by atoms with E-state index in [-0.39, 0.29) is 12.8 Å². The molecule has 9 heteroatoms. The number of hydrogen-bond donors (Lipinski definition) is 0. The van der Waals surface area contributed by atoms with Gasteiger partial charge in [-0.3, -0.25) is 0 Å². The molecule has 0 N–H and O–H groups in total. The Balaban J connectivity index is 1.73. The molecule has 0 bridgehead atoms. The highest BCUT2D eigenvalue weighted by atomic mass is 19.4. The highest BCUT2D eigenvalue weighted by molar-refractivity contribution is 5.47. The molecule has 0 amide bonds. The van der Waals surface area contributed by atoms with Gasteiger partial charge in [0.1, 0.15) is 11.5 Å². The minimum Gasteiger partial charge on any atom is -0.457 e. The molecule has 0 radical (unpaired) electrons. The zero-order valence-corrected chi connectivity index (χ0v) is 27.0. The molecule has 47 heavy (non-hydrogen) atoms. The van der Waals surface area contributed by atoms with Gasteiger partial charge in [-0.2, -0.15) is 26.3 Å². The second-order valence-corrected chi connectivity index (χ2v) is 12.1. The molecular formula is C38H40F6O3. The monoisotopic (exact) mass is 658 g/mol. The number of ether oxygens (including phenoxy) is 3. The van der Waals surface area contributed by atoms with Gasteiger partial charge >= 0.3 is 12.4 Å². The minimum atomic E-state index is -4.43. The number of hydrogen-bond acceptors (Lipinski definition) is 3. The largest absolute Gasteiger partial charge is 0.457 e. The number of benzene rings is 4. The zero-order valence-electron chi connectivity index (χ0n) is 27.0. The van der Waals surface area contributed by atoms with E-state index in [2.05, 4.69) is 0 Å². The Bertz CT molecular complexity index is 1460. The van der Waals surface area contributed by atoms with E-state index in [1.807, 2.05) is 62.4 Å². The highest BCUT2D eigenvalue weighted by Crippen LogP contribution is 2.36. The summed E-state index contributed by atoms with van der Waals surface area (Å²) in [5.74, 6) is -2.43. The maximum absolute atomic E-state index is 13.7. The van der Waals surface area contributed by atoms with Gasteiger partial charge in [-0.05, 0) is 72.2 Å². The van der Waals surface area contributed by atoms with Gasteiger partial charge in [0.2, 0.25) is 0 Å². The topological polar surface area (TPSA) is 27.7 Å². The minimum absolute atomic E-state index is 0.256. The fourth-order valence-corrected chi connectivity index (χ4v) is 5.47. The average Bonchev–Trinajstić information content (AvgIpc) is 3.00. The van der Waals surface area contributed by atoms with Crippen LogP contribution >= 0.6 is 0 Å². The zero-order chi connectivity index (χ0) is 34.2. The molecule has 3 nitrogen and oxygen atoms in total. The van der Waals surface area contributed by atoms with Crippen LogP contribution < -0.4 is 4.74 Å². The SMILES string of the molecule is COCC(Cc1ccc(Oc2ccc(CC(COC)C(F)(F)F)cc2Cc2ccc(C)cc2)c(Cc2ccc(C)cc2)c1)C(F)(F)F. The number of methoxy groups -OCH3 is 2. The molecule has 0 heterocycles. The van der Waals surface area contributed by atoms with Crippen molar-refractivity contribution in [2.75, 3.05) is 27.4 Å². The first-order valence-electron chi connectivity index (χ1n) is 15.4. The Morgan fingerprint density at radius 2 is 0.851 bits per heavy atom. The van der Waals surface area contributed by atoms with E-state index in [1.54, 1.807) is 36.4 Å². The van der Waals surface area contributed by atoms with Gasteiger partial charge in [-0.15, -0.1) is 0 Å². The standard InChI is InChI=1S/C38H40F6O3/c1-25-5-9-27(10-6-25)17-31-19-29(21-33(23-45-3)37(39,40)41)13-15-35(31)47-36-16-14-30(22-34(24-46-4)38(42,43)44)20-32(36)18-28-11-7-26(2)8-12-28/h5-16,19-20,33-34H,17-18,21-24H2,1-4H3. The lowest BCUT2D eigenvalue weighted by Crippen LogP contribution is -2.29. The molecule has 0 aliphatic heterocycles. The number of halogens is 6. The quantitative estimate of drug-likeness (QED) is 0.126. The summed E-state index contributed by atoms with van der Waals surface area (Å²) in [6.45, 7) is 3.03. The third kappa shape index (κ3) is 10.6. The average molecular weight is 659 g/mol. The number of rotatable bonds is 14. The summed E-state index contributed by atoms with van der Waals surface area (Å²) in [6, 6.07) is 25.8. The molecule has 2 atom stereocenters. The second kappa shape index (κ2) is 15.8. The van der Waals surface area contributed by atoms with Crippen molar-refractivity contribution in [3.05, 3.63) is 129 Å². The summed E-state index contributed by atoms with van der Waals surface area (Å²) >= 11 is 0. The van der Waals surface area contributed by atoms with Crippen molar-refractivity contribution < 1.29 is 40.6 Å². The van der Waals surface area contributed by atoms with E-state index in [0.717, 1.165) is 22.3 Å². The Labute approximate surface area is 272 Å². The van der Waals surface area contributed by atoms with E-state index in [0.29, 0.717) is 46.6 Å².